The van der Waals surface area contributed by atoms with Gasteiger partial charge in [0.2, 0.25) is 0 Å². The summed E-state index contributed by atoms with van der Waals surface area (Å²) in [5, 5.41) is 0. The molecular formula is C7H17N3. The summed E-state index contributed by atoms with van der Waals surface area (Å²) in [4.78, 5) is 2.26. The van der Waals surface area contributed by atoms with E-state index in [9.17, 15) is 0 Å². The van der Waals surface area contributed by atoms with Crippen molar-refractivity contribution in [3.8, 4) is 0 Å². The Morgan fingerprint density at radius 2 is 1.90 bits per heavy atom. The van der Waals surface area contributed by atoms with Gasteiger partial charge >= 0.3 is 0 Å². The van der Waals surface area contributed by atoms with Crippen LogP contribution in [0.15, 0.2) is 0 Å². The summed E-state index contributed by atoms with van der Waals surface area (Å²) in [5.41, 5.74) is 11.5. The minimum absolute atomic E-state index is 0.168. The zero-order chi connectivity index (χ0) is 7.72. The summed E-state index contributed by atoms with van der Waals surface area (Å²) in [6.45, 7) is 3.12. The fourth-order valence-electron chi connectivity index (χ4n) is 1.40. The van der Waals surface area contributed by atoms with Gasteiger partial charge < -0.3 is 16.4 Å². The fourth-order valence-corrected chi connectivity index (χ4v) is 1.40. The highest BCUT2D eigenvalue weighted by atomic mass is 15.2. The normalized spacial score (nSPS) is 43.8. The number of piperidine rings is 1. The third kappa shape index (κ3) is 1.48. The Morgan fingerprint density at radius 1 is 1.30 bits per heavy atom. The average molecular weight is 143 g/mol. The summed E-state index contributed by atoms with van der Waals surface area (Å²) in [6.07, 6.45) is 1.03. The lowest BCUT2D eigenvalue weighted by Gasteiger charge is -2.37. The van der Waals surface area contributed by atoms with Crippen LogP contribution in [0.2, 0.25) is 0 Å². The predicted octanol–water partition coefficient (Wildman–Crippen LogP) is -0.635. The van der Waals surface area contributed by atoms with Crippen molar-refractivity contribution in [2.75, 3.05) is 13.6 Å². The highest BCUT2D eigenvalue weighted by Gasteiger charge is 2.25. The number of rotatable bonds is 0. The molecule has 1 aliphatic heterocycles. The van der Waals surface area contributed by atoms with E-state index < -0.39 is 0 Å². The third-order valence-corrected chi connectivity index (χ3v) is 2.41. The van der Waals surface area contributed by atoms with E-state index in [-0.39, 0.29) is 12.1 Å². The van der Waals surface area contributed by atoms with Crippen molar-refractivity contribution in [2.45, 2.75) is 31.5 Å². The molecule has 0 saturated carbocycles. The molecule has 3 nitrogen and oxygen atoms in total. The maximum absolute atomic E-state index is 5.78. The second-order valence-corrected chi connectivity index (χ2v) is 3.35. The van der Waals surface area contributed by atoms with Crippen molar-refractivity contribution >= 4 is 0 Å². The molecule has 60 valence electrons. The van der Waals surface area contributed by atoms with Gasteiger partial charge in [0.25, 0.3) is 0 Å². The lowest BCUT2D eigenvalue weighted by atomic mass is 9.96. The molecule has 3 heteroatoms. The molecule has 1 saturated heterocycles. The first-order chi connectivity index (χ1) is 4.61. The maximum Gasteiger partial charge on any atom is 0.0322 e. The van der Waals surface area contributed by atoms with Crippen LogP contribution in [0.5, 0.6) is 0 Å². The summed E-state index contributed by atoms with van der Waals surface area (Å²) in [5.74, 6) is 0. The molecule has 3 atom stereocenters. The van der Waals surface area contributed by atoms with E-state index in [0.29, 0.717) is 6.04 Å². The van der Waals surface area contributed by atoms with E-state index in [0.717, 1.165) is 13.0 Å². The molecule has 0 aliphatic carbocycles. The van der Waals surface area contributed by atoms with E-state index in [4.69, 9.17) is 11.5 Å². The van der Waals surface area contributed by atoms with Crippen LogP contribution in [0.4, 0.5) is 0 Å². The molecule has 1 heterocycles. The first-order valence-corrected chi connectivity index (χ1v) is 3.82. The molecule has 0 spiro atoms. The molecule has 0 radical (unpaired) electrons. The van der Waals surface area contributed by atoms with Gasteiger partial charge in [0.1, 0.15) is 0 Å². The minimum Gasteiger partial charge on any atom is -0.326 e. The van der Waals surface area contributed by atoms with Crippen LogP contribution in [0.25, 0.3) is 0 Å². The highest BCUT2D eigenvalue weighted by Crippen LogP contribution is 2.12. The van der Waals surface area contributed by atoms with E-state index in [1.165, 1.54) is 0 Å². The molecule has 1 rings (SSSR count). The van der Waals surface area contributed by atoms with Crippen molar-refractivity contribution in [3.63, 3.8) is 0 Å². The van der Waals surface area contributed by atoms with Crippen molar-refractivity contribution < 1.29 is 0 Å². The maximum atomic E-state index is 5.78. The lowest BCUT2D eigenvalue weighted by Crippen LogP contribution is -2.56. The zero-order valence-corrected chi connectivity index (χ0v) is 6.75. The number of hydrogen-bond donors (Lipinski definition) is 2. The molecule has 10 heavy (non-hydrogen) atoms. The summed E-state index contributed by atoms with van der Waals surface area (Å²) >= 11 is 0. The first-order valence-electron chi connectivity index (χ1n) is 3.82. The number of nitrogens with two attached hydrogens (primary N) is 2. The van der Waals surface area contributed by atoms with Gasteiger partial charge in [-0.2, -0.15) is 0 Å². The van der Waals surface area contributed by atoms with Gasteiger partial charge in [-0.3, -0.25) is 0 Å². The Balaban J connectivity index is 2.46. The fraction of sp³-hybridized carbons (Fsp3) is 1.00. The SMILES string of the molecule is CC1CC(N)C(N)CN1C. The Labute approximate surface area is 62.4 Å². The third-order valence-electron chi connectivity index (χ3n) is 2.41. The van der Waals surface area contributed by atoms with E-state index in [2.05, 4.69) is 18.9 Å². The summed E-state index contributed by atoms with van der Waals surface area (Å²) < 4.78 is 0. The monoisotopic (exact) mass is 143 g/mol. The summed E-state index contributed by atoms with van der Waals surface area (Å²) in [6, 6.07) is 0.960. The Morgan fingerprint density at radius 3 is 2.40 bits per heavy atom. The topological polar surface area (TPSA) is 55.3 Å². The van der Waals surface area contributed by atoms with Gasteiger partial charge in [0, 0.05) is 24.7 Å². The number of hydrogen-bond acceptors (Lipinski definition) is 3. The molecule has 1 aliphatic rings. The number of nitrogens with zero attached hydrogens (tertiary/aromatic N) is 1. The molecule has 1 fully saturated rings. The molecule has 0 aromatic heterocycles. The first kappa shape index (κ1) is 7.98. The quantitative estimate of drug-likeness (QED) is 0.474. The average Bonchev–Trinajstić information content (AvgIpc) is 1.84. The van der Waals surface area contributed by atoms with Crippen LogP contribution in [0, 0.1) is 0 Å². The molecule has 3 unspecified atom stereocenters. The lowest BCUT2D eigenvalue weighted by molar-refractivity contribution is 0.164. The molecule has 0 aromatic carbocycles. The van der Waals surface area contributed by atoms with Gasteiger partial charge in [0.05, 0.1) is 0 Å². The van der Waals surface area contributed by atoms with Crippen LogP contribution >= 0.6 is 0 Å². The van der Waals surface area contributed by atoms with Gasteiger partial charge in [0.15, 0.2) is 0 Å². The highest BCUT2D eigenvalue weighted by molar-refractivity contribution is 4.88. The Kier molecular flexibility index (Phi) is 2.28. The molecule has 0 aromatic rings. The second-order valence-electron chi connectivity index (χ2n) is 3.35. The zero-order valence-electron chi connectivity index (χ0n) is 6.75. The minimum atomic E-state index is 0.168. The molecule has 0 amide bonds. The molecule has 4 N–H and O–H groups in total. The van der Waals surface area contributed by atoms with Crippen LogP contribution in [-0.4, -0.2) is 36.6 Å². The van der Waals surface area contributed by atoms with Gasteiger partial charge in [-0.1, -0.05) is 0 Å². The van der Waals surface area contributed by atoms with E-state index in [1.807, 2.05) is 0 Å². The Hall–Kier alpha value is -0.120. The van der Waals surface area contributed by atoms with Crippen molar-refractivity contribution in [3.05, 3.63) is 0 Å². The van der Waals surface area contributed by atoms with Gasteiger partial charge in [-0.25, -0.2) is 0 Å². The standard InChI is InChI=1S/C7H17N3/c1-5-3-6(8)7(9)4-10(5)2/h5-7H,3-4,8-9H2,1-2H3. The molecule has 0 bridgehead atoms. The molecular weight excluding hydrogens is 126 g/mol. The van der Waals surface area contributed by atoms with Crippen LogP contribution < -0.4 is 11.5 Å². The second kappa shape index (κ2) is 2.86. The van der Waals surface area contributed by atoms with E-state index >= 15 is 0 Å². The van der Waals surface area contributed by atoms with Crippen molar-refractivity contribution in [1.29, 1.82) is 0 Å². The van der Waals surface area contributed by atoms with Crippen molar-refractivity contribution in [2.24, 2.45) is 11.5 Å². The van der Waals surface area contributed by atoms with Crippen molar-refractivity contribution in [1.82, 2.24) is 4.90 Å². The van der Waals surface area contributed by atoms with Crippen LogP contribution in [0.1, 0.15) is 13.3 Å². The van der Waals surface area contributed by atoms with Crippen LogP contribution in [0.3, 0.4) is 0 Å². The predicted molar refractivity (Wildman–Crippen MR) is 42.7 cm³/mol. The van der Waals surface area contributed by atoms with Gasteiger partial charge in [-0.05, 0) is 20.4 Å². The van der Waals surface area contributed by atoms with Crippen LogP contribution in [-0.2, 0) is 0 Å². The smallest absolute Gasteiger partial charge is 0.0322 e. The largest absolute Gasteiger partial charge is 0.326 e. The number of likely N-dealkylation sites (tertiary alicyclic amines) is 1. The number of likely N-dealkylation sites (N-methyl/N-ethyl adjacent to an activating group) is 1. The van der Waals surface area contributed by atoms with E-state index in [1.54, 1.807) is 0 Å². The van der Waals surface area contributed by atoms with Gasteiger partial charge in [-0.15, -0.1) is 0 Å². The Bertz CT molecular complexity index is 89.4. The summed E-state index contributed by atoms with van der Waals surface area (Å²) in [7, 11) is 2.09.